The molecule has 1 atom stereocenters. The molecule has 0 radical (unpaired) electrons. The topological polar surface area (TPSA) is 63.0 Å². The summed E-state index contributed by atoms with van der Waals surface area (Å²) in [5.74, 6) is 1.09. The first-order valence-corrected chi connectivity index (χ1v) is 13.0. The van der Waals surface area contributed by atoms with Crippen LogP contribution in [0.3, 0.4) is 0 Å². The van der Waals surface area contributed by atoms with E-state index >= 15 is 0 Å². The number of benzene rings is 1. The van der Waals surface area contributed by atoms with Crippen LogP contribution < -0.4 is 4.74 Å². The fourth-order valence-corrected chi connectivity index (χ4v) is 5.30. The van der Waals surface area contributed by atoms with E-state index in [0.29, 0.717) is 19.1 Å². The highest BCUT2D eigenvalue weighted by Gasteiger charge is 2.36. The molecule has 0 spiro atoms. The number of nitrogens with zero attached hydrogens (tertiary/aromatic N) is 2. The van der Waals surface area contributed by atoms with Gasteiger partial charge >= 0.3 is 0 Å². The predicted molar refractivity (Wildman–Crippen MR) is 138 cm³/mol. The first-order chi connectivity index (χ1) is 16.6. The van der Waals surface area contributed by atoms with Crippen LogP contribution in [0.25, 0.3) is 0 Å². The van der Waals surface area contributed by atoms with Gasteiger partial charge < -0.3 is 19.0 Å². The largest absolute Gasteiger partial charge is 0.491 e. The minimum atomic E-state index is -0.549. The lowest BCUT2D eigenvalue weighted by molar-refractivity contribution is -0.136. The van der Waals surface area contributed by atoms with E-state index in [1.807, 2.05) is 37.8 Å². The van der Waals surface area contributed by atoms with Gasteiger partial charge in [0.1, 0.15) is 18.9 Å². The summed E-state index contributed by atoms with van der Waals surface area (Å²) >= 11 is 1.72. The van der Waals surface area contributed by atoms with Crippen molar-refractivity contribution in [2.24, 2.45) is 0 Å². The van der Waals surface area contributed by atoms with E-state index < -0.39 is 5.54 Å². The second-order valence-electron chi connectivity index (χ2n) is 10.2. The summed E-state index contributed by atoms with van der Waals surface area (Å²) in [5.41, 5.74) is 1.84. The van der Waals surface area contributed by atoms with Crippen LogP contribution in [0.1, 0.15) is 73.1 Å². The lowest BCUT2D eigenvalue weighted by atomic mass is 9.99. The number of ether oxygens (including phenoxy) is 1. The van der Waals surface area contributed by atoms with Crippen molar-refractivity contribution in [3.8, 4) is 5.75 Å². The average molecular weight is 495 g/mol. The van der Waals surface area contributed by atoms with Crippen molar-refractivity contribution in [3.05, 3.63) is 75.9 Å². The Labute approximate surface area is 211 Å². The third-order valence-corrected chi connectivity index (χ3v) is 7.45. The molecule has 3 aromatic rings. The molecule has 0 bridgehead atoms. The molecule has 0 saturated heterocycles. The second kappa shape index (κ2) is 10.3. The van der Waals surface area contributed by atoms with Crippen molar-refractivity contribution in [2.75, 3.05) is 19.7 Å². The normalized spacial score (nSPS) is 15.7. The van der Waals surface area contributed by atoms with Crippen molar-refractivity contribution >= 4 is 23.2 Å². The highest BCUT2D eigenvalue weighted by Crippen LogP contribution is 2.34. The average Bonchev–Trinajstić information content (AvgIpc) is 3.52. The summed E-state index contributed by atoms with van der Waals surface area (Å²) in [6.07, 6.45) is 2.28. The summed E-state index contributed by atoms with van der Waals surface area (Å²) in [4.78, 5) is 31.5. The summed E-state index contributed by atoms with van der Waals surface area (Å²) < 4.78 is 11.5. The number of rotatable bonds is 7. The Balaban J connectivity index is 1.53. The molecule has 0 fully saturated rings. The van der Waals surface area contributed by atoms with Crippen molar-refractivity contribution in [3.63, 3.8) is 0 Å². The van der Waals surface area contributed by atoms with E-state index in [2.05, 4.69) is 37.4 Å². The molecule has 1 aromatic carbocycles. The first-order valence-electron chi connectivity index (χ1n) is 12.1. The molecule has 3 heterocycles. The van der Waals surface area contributed by atoms with E-state index in [1.165, 1.54) is 16.7 Å². The van der Waals surface area contributed by atoms with Gasteiger partial charge in [0, 0.05) is 17.0 Å². The van der Waals surface area contributed by atoms with Gasteiger partial charge in [0.05, 0.1) is 12.3 Å². The molecule has 2 aromatic heterocycles. The molecule has 4 rings (SSSR count). The number of carbonyl (C=O) groups excluding carboxylic acids is 2. The van der Waals surface area contributed by atoms with E-state index in [9.17, 15) is 9.59 Å². The molecule has 7 heteroatoms. The minimum absolute atomic E-state index is 0.0257. The van der Waals surface area contributed by atoms with Gasteiger partial charge in [-0.1, -0.05) is 26.0 Å². The Hall–Kier alpha value is -3.06. The molecule has 0 N–H and O–H groups in total. The number of carbonyl (C=O) groups is 2. The Morgan fingerprint density at radius 3 is 2.54 bits per heavy atom. The van der Waals surface area contributed by atoms with Gasteiger partial charge in [-0.2, -0.15) is 0 Å². The van der Waals surface area contributed by atoms with E-state index in [1.54, 1.807) is 28.4 Å². The second-order valence-corrected chi connectivity index (χ2v) is 11.2. The SMILES string of the molecule is CC(C)c1ccc(OCC2c3ccsc3CCN2C(=O)CN(C(=O)c2ccco2)C(C)(C)C)cc1. The zero-order valence-electron chi connectivity index (χ0n) is 21.1. The van der Waals surface area contributed by atoms with Crippen LogP contribution in [0.5, 0.6) is 5.75 Å². The maximum absolute atomic E-state index is 13.7. The zero-order valence-corrected chi connectivity index (χ0v) is 21.9. The van der Waals surface area contributed by atoms with Crippen LogP contribution in [0.15, 0.2) is 58.5 Å². The van der Waals surface area contributed by atoms with Crippen molar-refractivity contribution in [2.45, 2.75) is 58.5 Å². The molecule has 1 unspecified atom stereocenters. The van der Waals surface area contributed by atoms with Crippen molar-refractivity contribution in [1.29, 1.82) is 0 Å². The lowest BCUT2D eigenvalue weighted by Gasteiger charge is -2.40. The molecule has 6 nitrogen and oxygen atoms in total. The number of hydrogen-bond donors (Lipinski definition) is 0. The molecule has 0 saturated carbocycles. The number of amides is 2. The molecule has 0 aliphatic carbocycles. The Bertz CT molecular complexity index is 1140. The molecule has 186 valence electrons. The molecule has 1 aliphatic rings. The van der Waals surface area contributed by atoms with Crippen LogP contribution in [0, 0.1) is 0 Å². The van der Waals surface area contributed by atoms with Crippen LogP contribution in [0.4, 0.5) is 0 Å². The smallest absolute Gasteiger partial charge is 0.290 e. The van der Waals surface area contributed by atoms with Gasteiger partial charge in [0.2, 0.25) is 5.91 Å². The van der Waals surface area contributed by atoms with Gasteiger partial charge in [-0.3, -0.25) is 9.59 Å². The predicted octanol–water partition coefficient (Wildman–Crippen LogP) is 5.91. The van der Waals surface area contributed by atoms with Crippen LogP contribution in [-0.4, -0.2) is 46.8 Å². The zero-order chi connectivity index (χ0) is 25.2. The summed E-state index contributed by atoms with van der Waals surface area (Å²) in [5, 5.41) is 2.07. The maximum Gasteiger partial charge on any atom is 0.290 e. The standard InChI is InChI=1S/C28H34N2O4S/c1-19(2)20-8-10-21(11-9-20)34-18-23-22-13-16-35-25(22)12-14-29(23)26(31)17-30(28(3,4)5)27(32)24-7-6-15-33-24/h6-11,13,15-16,19,23H,12,14,17-18H2,1-5H3. The number of hydrogen-bond acceptors (Lipinski definition) is 5. The molecule has 1 aliphatic heterocycles. The van der Waals surface area contributed by atoms with E-state index in [0.717, 1.165) is 17.7 Å². The highest BCUT2D eigenvalue weighted by molar-refractivity contribution is 7.10. The molecular weight excluding hydrogens is 460 g/mol. The Morgan fingerprint density at radius 1 is 1.17 bits per heavy atom. The Morgan fingerprint density at radius 2 is 1.91 bits per heavy atom. The van der Waals surface area contributed by atoms with Crippen molar-refractivity contribution < 1.29 is 18.7 Å². The lowest BCUT2D eigenvalue weighted by Crippen LogP contribution is -2.53. The fourth-order valence-electron chi connectivity index (χ4n) is 4.37. The first kappa shape index (κ1) is 25.0. The molecular formula is C28H34N2O4S. The molecule has 35 heavy (non-hydrogen) atoms. The molecule has 2 amide bonds. The van der Waals surface area contributed by atoms with Gasteiger partial charge in [-0.15, -0.1) is 11.3 Å². The summed E-state index contributed by atoms with van der Waals surface area (Å²) in [6.45, 7) is 11.0. The van der Waals surface area contributed by atoms with Crippen molar-refractivity contribution in [1.82, 2.24) is 9.80 Å². The quantitative estimate of drug-likeness (QED) is 0.410. The van der Waals surface area contributed by atoms with E-state index in [4.69, 9.17) is 9.15 Å². The summed E-state index contributed by atoms with van der Waals surface area (Å²) in [7, 11) is 0. The monoisotopic (exact) mass is 494 g/mol. The van der Waals surface area contributed by atoms with Crippen LogP contribution in [0.2, 0.25) is 0 Å². The van der Waals surface area contributed by atoms with Crippen LogP contribution in [-0.2, 0) is 11.2 Å². The maximum atomic E-state index is 13.7. The number of thiophene rings is 1. The van der Waals surface area contributed by atoms with Gasteiger partial charge in [0.15, 0.2) is 5.76 Å². The third-order valence-electron chi connectivity index (χ3n) is 6.45. The fraction of sp³-hybridized carbons (Fsp3) is 0.429. The van der Waals surface area contributed by atoms with Gasteiger partial charge in [0.25, 0.3) is 5.91 Å². The third kappa shape index (κ3) is 5.61. The number of fused-ring (bicyclic) bond motifs is 1. The van der Waals surface area contributed by atoms with Crippen LogP contribution >= 0.6 is 11.3 Å². The highest BCUT2D eigenvalue weighted by atomic mass is 32.1. The van der Waals surface area contributed by atoms with Gasteiger partial charge in [-0.05, 0) is 79.9 Å². The van der Waals surface area contributed by atoms with E-state index in [-0.39, 0.29) is 30.2 Å². The van der Waals surface area contributed by atoms with Gasteiger partial charge in [-0.25, -0.2) is 0 Å². The summed E-state index contributed by atoms with van der Waals surface area (Å²) in [6, 6.07) is 13.3. The minimum Gasteiger partial charge on any atom is -0.491 e. The number of furan rings is 1. The Kier molecular flexibility index (Phi) is 7.36.